The maximum atomic E-state index is 12.7. The van der Waals surface area contributed by atoms with Crippen LogP contribution in [0.2, 0.25) is 5.02 Å². The molecule has 0 amide bonds. The second kappa shape index (κ2) is 7.28. The summed E-state index contributed by atoms with van der Waals surface area (Å²) < 4.78 is 39.6. The molecule has 0 saturated heterocycles. The van der Waals surface area contributed by atoms with Crippen molar-refractivity contribution in [2.45, 2.75) is 32.1 Å². The highest BCUT2D eigenvalue weighted by Crippen LogP contribution is 2.32. The van der Waals surface area contributed by atoms with Crippen LogP contribution in [0.25, 0.3) is 0 Å². The average molecular weight is 313 g/mol. The van der Waals surface area contributed by atoms with Crippen molar-refractivity contribution < 1.29 is 13.2 Å². The molecule has 116 valence electrons. The molecular formula is C12H20ClF3N4. The summed E-state index contributed by atoms with van der Waals surface area (Å²) in [4.78, 5) is 1.94. The molecule has 1 aromatic heterocycles. The van der Waals surface area contributed by atoms with Gasteiger partial charge in [-0.05, 0) is 20.6 Å². The van der Waals surface area contributed by atoms with E-state index in [-0.39, 0.29) is 5.02 Å². The van der Waals surface area contributed by atoms with Gasteiger partial charge in [0.15, 0.2) is 0 Å². The molecule has 0 bridgehead atoms. The Bertz CT molecular complexity index is 417. The lowest BCUT2D eigenvalue weighted by molar-refractivity contribution is -0.140. The van der Waals surface area contributed by atoms with E-state index in [4.69, 9.17) is 11.6 Å². The molecule has 0 aliphatic carbocycles. The third-order valence-electron chi connectivity index (χ3n) is 2.81. The molecule has 0 aromatic carbocycles. The van der Waals surface area contributed by atoms with Gasteiger partial charge in [-0.2, -0.15) is 18.3 Å². The van der Waals surface area contributed by atoms with E-state index < -0.39 is 18.6 Å². The third-order valence-corrected chi connectivity index (χ3v) is 3.10. The van der Waals surface area contributed by atoms with Gasteiger partial charge in [0.2, 0.25) is 0 Å². The first-order valence-electron chi connectivity index (χ1n) is 6.40. The van der Waals surface area contributed by atoms with Crippen LogP contribution < -0.4 is 5.32 Å². The molecule has 1 rings (SSSR count). The van der Waals surface area contributed by atoms with Crippen molar-refractivity contribution in [1.82, 2.24) is 20.0 Å². The van der Waals surface area contributed by atoms with Gasteiger partial charge in [-0.3, -0.25) is 4.68 Å². The van der Waals surface area contributed by atoms with Gasteiger partial charge in [0, 0.05) is 6.54 Å². The maximum absolute atomic E-state index is 12.7. The van der Waals surface area contributed by atoms with Crippen LogP contribution >= 0.6 is 11.6 Å². The Balaban J connectivity index is 2.96. The number of rotatable bonds is 7. The zero-order valence-corrected chi connectivity index (χ0v) is 12.6. The van der Waals surface area contributed by atoms with E-state index in [1.54, 1.807) is 11.6 Å². The number of aromatic nitrogens is 2. The molecule has 0 aliphatic heterocycles. The van der Waals surface area contributed by atoms with Crippen LogP contribution in [0.1, 0.15) is 25.1 Å². The molecule has 1 unspecified atom stereocenters. The Morgan fingerprint density at radius 3 is 2.60 bits per heavy atom. The first-order chi connectivity index (χ1) is 9.24. The normalized spacial score (nSPS) is 14.0. The highest BCUT2D eigenvalue weighted by molar-refractivity contribution is 6.31. The number of likely N-dealkylation sites (N-methyl/N-ethyl adjacent to an activating group) is 1. The molecular weight excluding hydrogens is 293 g/mol. The predicted octanol–water partition coefficient (Wildman–Crippen LogP) is 2.70. The first kappa shape index (κ1) is 17.3. The van der Waals surface area contributed by atoms with Crippen molar-refractivity contribution in [1.29, 1.82) is 0 Å². The minimum atomic E-state index is -4.26. The van der Waals surface area contributed by atoms with E-state index >= 15 is 0 Å². The second-order valence-electron chi connectivity index (χ2n) is 4.83. The number of hydrogen-bond donors (Lipinski definition) is 1. The topological polar surface area (TPSA) is 33.1 Å². The van der Waals surface area contributed by atoms with Crippen LogP contribution in [-0.4, -0.2) is 48.0 Å². The van der Waals surface area contributed by atoms with E-state index in [1.165, 1.54) is 6.20 Å². The lowest BCUT2D eigenvalue weighted by Gasteiger charge is -2.22. The summed E-state index contributed by atoms with van der Waals surface area (Å²) in [5.74, 6) is 0. The molecule has 1 N–H and O–H groups in total. The molecule has 8 heteroatoms. The van der Waals surface area contributed by atoms with Gasteiger partial charge < -0.3 is 10.2 Å². The molecule has 20 heavy (non-hydrogen) atoms. The van der Waals surface area contributed by atoms with Gasteiger partial charge in [-0.15, -0.1) is 0 Å². The summed E-state index contributed by atoms with van der Waals surface area (Å²) in [7, 11) is 3.78. The summed E-state index contributed by atoms with van der Waals surface area (Å²) in [5, 5.41) is 7.17. The highest BCUT2D eigenvalue weighted by Gasteiger charge is 2.34. The van der Waals surface area contributed by atoms with Crippen molar-refractivity contribution in [3.63, 3.8) is 0 Å². The van der Waals surface area contributed by atoms with Crippen LogP contribution in [0, 0.1) is 0 Å². The predicted molar refractivity (Wildman–Crippen MR) is 72.9 cm³/mol. The molecule has 0 radical (unpaired) electrons. The van der Waals surface area contributed by atoms with Crippen molar-refractivity contribution in [2.75, 3.05) is 27.2 Å². The van der Waals surface area contributed by atoms with Gasteiger partial charge in [0.25, 0.3) is 0 Å². The number of nitrogens with zero attached hydrogens (tertiary/aromatic N) is 3. The Morgan fingerprint density at radius 2 is 2.10 bits per heavy atom. The average Bonchev–Trinajstić information content (AvgIpc) is 2.65. The van der Waals surface area contributed by atoms with Crippen LogP contribution in [0.3, 0.4) is 0 Å². The van der Waals surface area contributed by atoms with E-state index in [0.29, 0.717) is 25.3 Å². The van der Waals surface area contributed by atoms with Crippen LogP contribution in [0.15, 0.2) is 6.20 Å². The Labute approximate surface area is 121 Å². The van der Waals surface area contributed by atoms with E-state index in [1.807, 2.05) is 19.0 Å². The summed E-state index contributed by atoms with van der Waals surface area (Å²) in [6.07, 6.45) is -3.83. The number of hydrogen-bond acceptors (Lipinski definition) is 3. The number of alkyl halides is 3. The van der Waals surface area contributed by atoms with Crippen molar-refractivity contribution in [3.8, 4) is 0 Å². The van der Waals surface area contributed by atoms with Crippen LogP contribution in [-0.2, 0) is 6.54 Å². The van der Waals surface area contributed by atoms with Crippen molar-refractivity contribution in [2.24, 2.45) is 0 Å². The van der Waals surface area contributed by atoms with E-state index in [0.717, 1.165) is 0 Å². The summed E-state index contributed by atoms with van der Waals surface area (Å²) in [5.41, 5.74) is 0.396. The van der Waals surface area contributed by atoms with Crippen molar-refractivity contribution in [3.05, 3.63) is 16.9 Å². The number of nitrogens with one attached hydrogen (secondary N) is 1. The smallest absolute Gasteiger partial charge is 0.309 e. The molecule has 0 fully saturated rings. The minimum Gasteiger partial charge on any atom is -0.309 e. The molecule has 4 nitrogen and oxygen atoms in total. The molecule has 0 aliphatic rings. The van der Waals surface area contributed by atoms with E-state index in [2.05, 4.69) is 10.4 Å². The Morgan fingerprint density at radius 1 is 1.45 bits per heavy atom. The van der Waals surface area contributed by atoms with Gasteiger partial charge in [-0.25, -0.2) is 0 Å². The quantitative estimate of drug-likeness (QED) is 0.840. The summed E-state index contributed by atoms with van der Waals surface area (Å²) in [6.45, 7) is 3.36. The van der Waals surface area contributed by atoms with Gasteiger partial charge in [0.1, 0.15) is 0 Å². The Kier molecular flexibility index (Phi) is 6.29. The zero-order valence-electron chi connectivity index (χ0n) is 11.8. The second-order valence-corrected chi connectivity index (χ2v) is 5.24. The molecule has 1 aromatic rings. The highest BCUT2D eigenvalue weighted by atomic mass is 35.5. The monoisotopic (exact) mass is 312 g/mol. The minimum absolute atomic E-state index is 0.263. The Hall–Kier alpha value is -0.790. The number of halogens is 4. The largest absolute Gasteiger partial charge is 0.390 e. The molecule has 1 heterocycles. The fourth-order valence-corrected chi connectivity index (χ4v) is 2.21. The van der Waals surface area contributed by atoms with E-state index in [9.17, 15) is 13.2 Å². The van der Waals surface area contributed by atoms with Crippen LogP contribution in [0.5, 0.6) is 0 Å². The summed E-state index contributed by atoms with van der Waals surface area (Å²) in [6, 6.07) is -0.878. The van der Waals surface area contributed by atoms with Gasteiger partial charge >= 0.3 is 6.18 Å². The molecule has 0 spiro atoms. The summed E-state index contributed by atoms with van der Waals surface area (Å²) >= 11 is 6.02. The zero-order chi connectivity index (χ0) is 15.3. The van der Waals surface area contributed by atoms with Crippen LogP contribution in [0.4, 0.5) is 13.2 Å². The van der Waals surface area contributed by atoms with Crippen molar-refractivity contribution >= 4 is 11.6 Å². The SMILES string of the molecule is CCNC(CC(F)(F)F)c1c(Cl)cnn1CCN(C)C. The fourth-order valence-electron chi connectivity index (χ4n) is 1.93. The lowest BCUT2D eigenvalue weighted by atomic mass is 10.1. The standard InChI is InChI=1S/C12H20ClF3N4/c1-4-17-10(7-12(14,15)16)11-9(13)8-18-20(11)6-5-19(2)3/h8,10,17H,4-7H2,1-3H3. The van der Waals surface area contributed by atoms with Gasteiger partial charge in [-0.1, -0.05) is 18.5 Å². The third kappa shape index (κ3) is 5.30. The van der Waals surface area contributed by atoms with Gasteiger partial charge in [0.05, 0.1) is 35.9 Å². The fraction of sp³-hybridized carbons (Fsp3) is 0.750. The molecule has 0 saturated carbocycles. The molecule has 1 atom stereocenters. The lowest BCUT2D eigenvalue weighted by Crippen LogP contribution is -2.30. The first-order valence-corrected chi connectivity index (χ1v) is 6.78. The maximum Gasteiger partial charge on any atom is 0.390 e.